The highest BCUT2D eigenvalue weighted by atomic mass is 32.2. The van der Waals surface area contributed by atoms with Crippen molar-refractivity contribution in [2.75, 3.05) is 56.0 Å². The summed E-state index contributed by atoms with van der Waals surface area (Å²) in [6, 6.07) is 14.4. The Bertz CT molecular complexity index is 1500. The predicted molar refractivity (Wildman–Crippen MR) is 135 cm³/mol. The van der Waals surface area contributed by atoms with E-state index in [-0.39, 0.29) is 17.1 Å². The van der Waals surface area contributed by atoms with Crippen molar-refractivity contribution >= 4 is 43.3 Å². The lowest BCUT2D eigenvalue weighted by molar-refractivity contribution is 0.161. The van der Waals surface area contributed by atoms with Crippen molar-refractivity contribution in [1.29, 1.82) is 0 Å². The summed E-state index contributed by atoms with van der Waals surface area (Å²) in [5, 5.41) is 5.57. The maximum absolute atomic E-state index is 12.8. The minimum atomic E-state index is -3.54. The second kappa shape index (κ2) is 8.75. The molecule has 178 valence electrons. The minimum absolute atomic E-state index is 0.00230. The van der Waals surface area contributed by atoms with Gasteiger partial charge in [0, 0.05) is 38.1 Å². The molecule has 10 nitrogen and oxygen atoms in total. The number of nitrogens with two attached hydrogens (primary N) is 1. The summed E-state index contributed by atoms with van der Waals surface area (Å²) in [5.74, 6) is 0.250. The number of fused-ring (bicyclic) bond motifs is 3. The van der Waals surface area contributed by atoms with E-state index < -0.39 is 10.0 Å². The molecule has 5 rings (SSSR count). The van der Waals surface area contributed by atoms with Gasteiger partial charge < -0.3 is 15.6 Å². The highest BCUT2D eigenvalue weighted by molar-refractivity contribution is 7.92. The quantitative estimate of drug-likeness (QED) is 0.380. The van der Waals surface area contributed by atoms with Gasteiger partial charge in [-0.15, -0.1) is 0 Å². The monoisotopic (exact) mass is 481 g/mol. The number of nitrogen functional groups attached to an aromatic ring is 1. The number of nitrogens with zero attached hydrogens (tertiary/aromatic N) is 4. The number of benzene rings is 2. The van der Waals surface area contributed by atoms with E-state index in [0.29, 0.717) is 34.0 Å². The van der Waals surface area contributed by atoms with Gasteiger partial charge in [0.1, 0.15) is 16.7 Å². The van der Waals surface area contributed by atoms with Crippen LogP contribution in [0.1, 0.15) is 0 Å². The minimum Gasteiger partial charge on any atom is -0.383 e. The van der Waals surface area contributed by atoms with E-state index in [4.69, 9.17) is 5.73 Å². The maximum Gasteiger partial charge on any atom is 0.261 e. The molecule has 34 heavy (non-hydrogen) atoms. The largest absolute Gasteiger partial charge is 0.383 e. The van der Waals surface area contributed by atoms with Crippen LogP contribution < -0.4 is 16.0 Å². The third kappa shape index (κ3) is 4.37. The van der Waals surface area contributed by atoms with Crippen LogP contribution in [0.4, 0.5) is 11.5 Å². The Hall–Kier alpha value is -3.41. The molecule has 3 heterocycles. The Kier molecular flexibility index (Phi) is 5.76. The maximum atomic E-state index is 12.8. The molecule has 0 unspecified atom stereocenters. The fourth-order valence-corrected chi connectivity index (χ4v) is 5.35. The van der Waals surface area contributed by atoms with Gasteiger partial charge in [0.15, 0.2) is 0 Å². The topological polar surface area (TPSA) is 129 Å². The van der Waals surface area contributed by atoms with E-state index in [1.807, 2.05) is 30.3 Å². The summed E-state index contributed by atoms with van der Waals surface area (Å²) in [6.07, 6.45) is 0. The van der Waals surface area contributed by atoms with Crippen molar-refractivity contribution in [3.05, 3.63) is 58.9 Å². The third-order valence-electron chi connectivity index (χ3n) is 6.22. The number of aromatic nitrogens is 3. The van der Waals surface area contributed by atoms with Crippen molar-refractivity contribution in [3.63, 3.8) is 0 Å². The SMILES string of the molecule is CN1CCN(CCS(=O)(=O)Nc2ccc3c(c2)[nH]c(=O)c2c(N)n(-c4ccccc4)nc23)CC1. The molecule has 1 aliphatic rings. The summed E-state index contributed by atoms with van der Waals surface area (Å²) in [4.78, 5) is 20.0. The van der Waals surface area contributed by atoms with Crippen LogP contribution in [-0.2, 0) is 10.0 Å². The van der Waals surface area contributed by atoms with Gasteiger partial charge in [0.25, 0.3) is 5.56 Å². The number of H-pyrrole nitrogens is 1. The molecule has 0 spiro atoms. The molecule has 0 radical (unpaired) electrons. The molecule has 4 N–H and O–H groups in total. The van der Waals surface area contributed by atoms with Gasteiger partial charge in [-0.2, -0.15) is 5.10 Å². The molecular formula is C23H27N7O3S. The zero-order valence-electron chi connectivity index (χ0n) is 18.9. The van der Waals surface area contributed by atoms with Crippen molar-refractivity contribution in [2.24, 2.45) is 0 Å². The number of pyridine rings is 1. The van der Waals surface area contributed by atoms with E-state index in [0.717, 1.165) is 31.9 Å². The van der Waals surface area contributed by atoms with E-state index in [2.05, 4.69) is 31.7 Å². The Labute approximate surface area is 197 Å². The number of para-hydroxylation sites is 1. The van der Waals surface area contributed by atoms with Gasteiger partial charge in [-0.05, 0) is 37.4 Å². The zero-order valence-corrected chi connectivity index (χ0v) is 19.7. The summed E-state index contributed by atoms with van der Waals surface area (Å²) < 4.78 is 29.5. The molecule has 0 bridgehead atoms. The van der Waals surface area contributed by atoms with E-state index in [1.165, 1.54) is 4.68 Å². The Balaban J connectivity index is 1.42. The van der Waals surface area contributed by atoms with Gasteiger partial charge in [0.2, 0.25) is 10.0 Å². The summed E-state index contributed by atoms with van der Waals surface area (Å²) in [7, 11) is -1.48. The molecule has 0 atom stereocenters. The molecular weight excluding hydrogens is 454 g/mol. The molecule has 2 aromatic carbocycles. The fraction of sp³-hybridized carbons (Fsp3) is 0.304. The normalized spacial score (nSPS) is 15.8. The number of hydrogen-bond donors (Lipinski definition) is 3. The first-order valence-corrected chi connectivity index (χ1v) is 12.8. The summed E-state index contributed by atoms with van der Waals surface area (Å²) >= 11 is 0. The number of sulfonamides is 1. The molecule has 0 saturated carbocycles. The molecule has 1 aliphatic heterocycles. The number of nitrogens with one attached hydrogen (secondary N) is 2. The molecule has 0 amide bonds. The van der Waals surface area contributed by atoms with Crippen LogP contribution in [0.5, 0.6) is 0 Å². The first-order chi connectivity index (χ1) is 16.3. The van der Waals surface area contributed by atoms with Gasteiger partial charge in [0.05, 0.1) is 22.6 Å². The molecule has 1 saturated heterocycles. The lowest BCUT2D eigenvalue weighted by Crippen LogP contribution is -2.46. The second-order valence-electron chi connectivity index (χ2n) is 8.64. The van der Waals surface area contributed by atoms with E-state index >= 15 is 0 Å². The highest BCUT2D eigenvalue weighted by Crippen LogP contribution is 2.28. The lowest BCUT2D eigenvalue weighted by Gasteiger charge is -2.32. The van der Waals surface area contributed by atoms with Crippen LogP contribution in [0.15, 0.2) is 53.3 Å². The van der Waals surface area contributed by atoms with Gasteiger partial charge in [-0.3, -0.25) is 14.4 Å². The zero-order chi connectivity index (χ0) is 23.9. The number of hydrogen-bond acceptors (Lipinski definition) is 7. The number of rotatable bonds is 6. The van der Waals surface area contributed by atoms with Crippen LogP contribution in [0.3, 0.4) is 0 Å². The number of aromatic amines is 1. The molecule has 1 fully saturated rings. The highest BCUT2D eigenvalue weighted by Gasteiger charge is 2.19. The van der Waals surface area contributed by atoms with Gasteiger partial charge in [-0.1, -0.05) is 18.2 Å². The third-order valence-corrected chi connectivity index (χ3v) is 7.48. The van der Waals surface area contributed by atoms with Crippen molar-refractivity contribution in [2.45, 2.75) is 0 Å². The molecule has 0 aliphatic carbocycles. The summed E-state index contributed by atoms with van der Waals surface area (Å²) in [6.45, 7) is 4.06. The predicted octanol–water partition coefficient (Wildman–Crippen LogP) is 1.44. The van der Waals surface area contributed by atoms with Crippen LogP contribution >= 0.6 is 0 Å². The molecule has 11 heteroatoms. The van der Waals surface area contributed by atoms with Crippen molar-refractivity contribution in [3.8, 4) is 5.69 Å². The lowest BCUT2D eigenvalue weighted by atomic mass is 10.1. The molecule has 2 aromatic heterocycles. The Morgan fingerprint density at radius 3 is 2.56 bits per heavy atom. The first-order valence-electron chi connectivity index (χ1n) is 11.1. The average molecular weight is 482 g/mol. The van der Waals surface area contributed by atoms with Crippen LogP contribution in [0, 0.1) is 0 Å². The van der Waals surface area contributed by atoms with E-state index in [9.17, 15) is 13.2 Å². The second-order valence-corrected chi connectivity index (χ2v) is 10.5. The Morgan fingerprint density at radius 2 is 1.82 bits per heavy atom. The van der Waals surface area contributed by atoms with Crippen molar-refractivity contribution in [1.82, 2.24) is 24.6 Å². The number of piperazine rings is 1. The Morgan fingerprint density at radius 1 is 1.09 bits per heavy atom. The average Bonchev–Trinajstić information content (AvgIpc) is 3.17. The van der Waals surface area contributed by atoms with Crippen molar-refractivity contribution < 1.29 is 8.42 Å². The van der Waals surface area contributed by atoms with Gasteiger partial charge in [-0.25, -0.2) is 13.1 Å². The smallest absolute Gasteiger partial charge is 0.261 e. The van der Waals surface area contributed by atoms with Gasteiger partial charge >= 0.3 is 0 Å². The van der Waals surface area contributed by atoms with E-state index in [1.54, 1.807) is 18.2 Å². The standard InChI is InChI=1S/C23H27N7O3S/c1-28-9-11-29(12-10-28)13-14-34(32,33)27-16-7-8-18-19(15-16)25-23(31)20-21(18)26-30(22(20)24)17-5-3-2-4-6-17/h2-8,15,27H,9-14,24H2,1H3,(H,25,31). The number of likely N-dealkylation sites (N-methyl/N-ethyl adjacent to an activating group) is 1. The first kappa shape index (κ1) is 22.4. The van der Waals surface area contributed by atoms with Crippen LogP contribution in [0.2, 0.25) is 0 Å². The summed E-state index contributed by atoms with van der Waals surface area (Å²) in [5.41, 5.74) is 7.96. The fourth-order valence-electron chi connectivity index (χ4n) is 4.26. The number of anilines is 2. The molecule has 4 aromatic rings. The van der Waals surface area contributed by atoms with Crippen LogP contribution in [0.25, 0.3) is 27.5 Å². The van der Waals surface area contributed by atoms with Crippen LogP contribution in [-0.4, -0.2) is 78.5 Å².